The zero-order valence-corrected chi connectivity index (χ0v) is 11.1. The molecule has 1 aliphatic rings. The van der Waals surface area contributed by atoms with E-state index in [1.54, 1.807) is 0 Å². The number of hydrogen-bond donors (Lipinski definition) is 2. The Morgan fingerprint density at radius 3 is 2.65 bits per heavy atom. The Bertz CT molecular complexity index is 396. The number of nitrogens with one attached hydrogen (secondary N) is 1. The summed E-state index contributed by atoms with van der Waals surface area (Å²) in [4.78, 5) is 0. The van der Waals surface area contributed by atoms with Crippen LogP contribution in [0.3, 0.4) is 0 Å². The van der Waals surface area contributed by atoms with E-state index in [1.165, 1.54) is 16.7 Å². The largest absolute Gasteiger partial charge is 0.389 e. The highest BCUT2D eigenvalue weighted by Crippen LogP contribution is 2.31. The number of benzene rings is 1. The molecule has 1 aromatic carbocycles. The minimum Gasteiger partial charge on any atom is -0.389 e. The van der Waals surface area contributed by atoms with Gasteiger partial charge in [-0.25, -0.2) is 0 Å². The third kappa shape index (κ3) is 2.70. The quantitative estimate of drug-likeness (QED) is 0.838. The molecule has 0 saturated heterocycles. The van der Waals surface area contributed by atoms with Crippen LogP contribution in [0, 0.1) is 13.8 Å². The van der Waals surface area contributed by atoms with Gasteiger partial charge in [0.1, 0.15) is 0 Å². The molecule has 0 heterocycles. The van der Waals surface area contributed by atoms with Gasteiger partial charge in [-0.15, -0.1) is 0 Å². The summed E-state index contributed by atoms with van der Waals surface area (Å²) in [6.07, 6.45) is 3.05. The standard InChI is InChI=1S/C15H23NO/c1-11-6-4-7-14(12(11)2)13(3)16-10-15(17)8-5-9-15/h4,6-7,13,16-17H,5,8-10H2,1-3H3. The Labute approximate surface area is 104 Å². The average molecular weight is 233 g/mol. The highest BCUT2D eigenvalue weighted by atomic mass is 16.3. The van der Waals surface area contributed by atoms with Crippen LogP contribution in [0.25, 0.3) is 0 Å². The Kier molecular flexibility index (Phi) is 3.55. The predicted octanol–water partition coefficient (Wildman–Crippen LogP) is 2.87. The lowest BCUT2D eigenvalue weighted by Crippen LogP contribution is -2.46. The van der Waals surface area contributed by atoms with Crippen molar-refractivity contribution in [3.8, 4) is 0 Å². The zero-order chi connectivity index (χ0) is 12.5. The third-order valence-electron chi connectivity index (χ3n) is 4.13. The first kappa shape index (κ1) is 12.6. The molecule has 0 aliphatic heterocycles. The average Bonchev–Trinajstić information content (AvgIpc) is 2.27. The first-order valence-corrected chi connectivity index (χ1v) is 6.54. The second-order valence-electron chi connectivity index (χ2n) is 5.47. The molecule has 0 spiro atoms. The van der Waals surface area contributed by atoms with E-state index in [9.17, 15) is 5.11 Å². The van der Waals surface area contributed by atoms with Gasteiger partial charge >= 0.3 is 0 Å². The smallest absolute Gasteiger partial charge is 0.0771 e. The summed E-state index contributed by atoms with van der Waals surface area (Å²) in [5, 5.41) is 13.5. The van der Waals surface area contributed by atoms with Crippen LogP contribution in [0.1, 0.15) is 48.9 Å². The minimum absolute atomic E-state index is 0.305. The summed E-state index contributed by atoms with van der Waals surface area (Å²) < 4.78 is 0. The first-order valence-electron chi connectivity index (χ1n) is 6.54. The molecule has 1 aromatic rings. The van der Waals surface area contributed by atoms with E-state index in [1.807, 2.05) is 0 Å². The number of aliphatic hydroxyl groups is 1. The van der Waals surface area contributed by atoms with E-state index < -0.39 is 5.60 Å². The Balaban J connectivity index is 1.99. The molecular weight excluding hydrogens is 210 g/mol. The van der Waals surface area contributed by atoms with Gasteiger partial charge in [0, 0.05) is 12.6 Å². The van der Waals surface area contributed by atoms with Crippen LogP contribution >= 0.6 is 0 Å². The van der Waals surface area contributed by atoms with Crippen molar-refractivity contribution in [3.63, 3.8) is 0 Å². The van der Waals surface area contributed by atoms with Crippen molar-refractivity contribution in [2.75, 3.05) is 6.54 Å². The topological polar surface area (TPSA) is 32.3 Å². The van der Waals surface area contributed by atoms with Gasteiger partial charge in [-0.2, -0.15) is 0 Å². The van der Waals surface area contributed by atoms with Crippen molar-refractivity contribution in [2.24, 2.45) is 0 Å². The van der Waals surface area contributed by atoms with Gasteiger partial charge in [0.05, 0.1) is 5.60 Å². The maximum Gasteiger partial charge on any atom is 0.0771 e. The highest BCUT2D eigenvalue weighted by molar-refractivity contribution is 5.35. The molecule has 2 nitrogen and oxygen atoms in total. The molecule has 2 N–H and O–H groups in total. The lowest BCUT2D eigenvalue weighted by molar-refractivity contribution is -0.0329. The monoisotopic (exact) mass is 233 g/mol. The van der Waals surface area contributed by atoms with Gasteiger partial charge in [-0.3, -0.25) is 0 Å². The van der Waals surface area contributed by atoms with E-state index in [2.05, 4.69) is 44.3 Å². The fourth-order valence-electron chi connectivity index (χ4n) is 2.46. The summed E-state index contributed by atoms with van der Waals surface area (Å²) in [6, 6.07) is 6.73. The van der Waals surface area contributed by atoms with Crippen molar-refractivity contribution in [1.29, 1.82) is 0 Å². The molecule has 0 bridgehead atoms. The summed E-state index contributed by atoms with van der Waals surface area (Å²) in [5.41, 5.74) is 3.59. The SMILES string of the molecule is Cc1cccc(C(C)NCC2(O)CCC2)c1C. The molecule has 1 aliphatic carbocycles. The highest BCUT2D eigenvalue weighted by Gasteiger charge is 2.34. The summed E-state index contributed by atoms with van der Waals surface area (Å²) in [6.45, 7) is 7.19. The number of aryl methyl sites for hydroxylation is 1. The predicted molar refractivity (Wildman–Crippen MR) is 71.1 cm³/mol. The van der Waals surface area contributed by atoms with Gasteiger partial charge in [0.25, 0.3) is 0 Å². The zero-order valence-electron chi connectivity index (χ0n) is 11.1. The van der Waals surface area contributed by atoms with Crippen molar-refractivity contribution >= 4 is 0 Å². The van der Waals surface area contributed by atoms with Crippen LogP contribution in [0.4, 0.5) is 0 Å². The molecule has 17 heavy (non-hydrogen) atoms. The Hall–Kier alpha value is -0.860. The van der Waals surface area contributed by atoms with Crippen LogP contribution in [-0.4, -0.2) is 17.3 Å². The molecule has 94 valence electrons. The van der Waals surface area contributed by atoms with E-state index in [0.717, 1.165) is 19.3 Å². The molecule has 2 heteroatoms. The normalized spacial score (nSPS) is 19.8. The Morgan fingerprint density at radius 1 is 1.35 bits per heavy atom. The maximum absolute atomic E-state index is 10.1. The van der Waals surface area contributed by atoms with Crippen LogP contribution in [0.15, 0.2) is 18.2 Å². The maximum atomic E-state index is 10.1. The van der Waals surface area contributed by atoms with Crippen molar-refractivity contribution < 1.29 is 5.11 Å². The van der Waals surface area contributed by atoms with Crippen LogP contribution in [0.5, 0.6) is 0 Å². The van der Waals surface area contributed by atoms with Gasteiger partial charge < -0.3 is 10.4 Å². The lowest BCUT2D eigenvalue weighted by Gasteiger charge is -2.37. The minimum atomic E-state index is -0.439. The molecule has 2 rings (SSSR count). The van der Waals surface area contributed by atoms with Crippen molar-refractivity contribution in [1.82, 2.24) is 5.32 Å². The lowest BCUT2D eigenvalue weighted by atomic mass is 9.80. The van der Waals surface area contributed by atoms with Crippen LogP contribution in [-0.2, 0) is 0 Å². The summed E-state index contributed by atoms with van der Waals surface area (Å²) >= 11 is 0. The van der Waals surface area contributed by atoms with E-state index in [0.29, 0.717) is 12.6 Å². The molecule has 0 aromatic heterocycles. The molecule has 0 amide bonds. The van der Waals surface area contributed by atoms with Crippen molar-refractivity contribution in [3.05, 3.63) is 34.9 Å². The van der Waals surface area contributed by atoms with Gasteiger partial charge in [0.2, 0.25) is 0 Å². The van der Waals surface area contributed by atoms with E-state index in [4.69, 9.17) is 0 Å². The molecule has 1 fully saturated rings. The Morgan fingerprint density at radius 2 is 2.06 bits per heavy atom. The molecule has 1 unspecified atom stereocenters. The van der Waals surface area contributed by atoms with Crippen molar-refractivity contribution in [2.45, 2.75) is 51.7 Å². The number of rotatable bonds is 4. The second kappa shape index (κ2) is 4.79. The fourth-order valence-corrected chi connectivity index (χ4v) is 2.46. The third-order valence-corrected chi connectivity index (χ3v) is 4.13. The number of hydrogen-bond acceptors (Lipinski definition) is 2. The van der Waals surface area contributed by atoms with Gasteiger partial charge in [0.15, 0.2) is 0 Å². The van der Waals surface area contributed by atoms with E-state index >= 15 is 0 Å². The van der Waals surface area contributed by atoms with E-state index in [-0.39, 0.29) is 0 Å². The van der Waals surface area contributed by atoms with Gasteiger partial charge in [-0.1, -0.05) is 18.2 Å². The summed E-state index contributed by atoms with van der Waals surface area (Å²) in [5.74, 6) is 0. The van der Waals surface area contributed by atoms with Crippen LogP contribution < -0.4 is 5.32 Å². The molecular formula is C15H23NO. The fraction of sp³-hybridized carbons (Fsp3) is 0.600. The first-order chi connectivity index (χ1) is 8.02. The van der Waals surface area contributed by atoms with Gasteiger partial charge in [-0.05, 0) is 56.7 Å². The molecule has 1 saturated carbocycles. The van der Waals surface area contributed by atoms with Crippen LogP contribution in [0.2, 0.25) is 0 Å². The molecule has 0 radical (unpaired) electrons. The summed E-state index contributed by atoms with van der Waals surface area (Å²) in [7, 11) is 0. The molecule has 1 atom stereocenters. The second-order valence-corrected chi connectivity index (χ2v) is 5.47.